The van der Waals surface area contributed by atoms with Gasteiger partial charge in [0.05, 0.1) is 21.8 Å². The molecule has 3 heterocycles. The second kappa shape index (κ2) is 7.18. The van der Waals surface area contributed by atoms with Gasteiger partial charge < -0.3 is 0 Å². The summed E-state index contributed by atoms with van der Waals surface area (Å²) in [5.41, 5.74) is 3.88. The van der Waals surface area contributed by atoms with Gasteiger partial charge in [-0.15, -0.1) is 11.3 Å². The quantitative estimate of drug-likeness (QED) is 0.481. The summed E-state index contributed by atoms with van der Waals surface area (Å²) >= 11 is 1.63. The van der Waals surface area contributed by atoms with Crippen molar-refractivity contribution in [3.8, 4) is 22.3 Å². The van der Waals surface area contributed by atoms with Gasteiger partial charge in [-0.2, -0.15) is 10.4 Å². The molecule has 0 aliphatic rings. The van der Waals surface area contributed by atoms with Crippen LogP contribution in [0.5, 0.6) is 0 Å². The van der Waals surface area contributed by atoms with E-state index in [0.717, 1.165) is 21.8 Å². The number of nitrogens with zero attached hydrogens (tertiary/aromatic N) is 4. The van der Waals surface area contributed by atoms with E-state index in [-0.39, 0.29) is 0 Å². The number of nitriles is 1. The third-order valence-corrected chi connectivity index (χ3v) is 4.76. The highest BCUT2D eigenvalue weighted by Gasteiger charge is 2.13. The predicted molar refractivity (Wildman–Crippen MR) is 105 cm³/mol. The number of benzene rings is 1. The minimum Gasteiger partial charge on any atom is -0.256 e. The molecule has 1 aromatic carbocycles. The molecule has 0 saturated heterocycles. The molecule has 4 aromatic rings. The van der Waals surface area contributed by atoms with Gasteiger partial charge in [0, 0.05) is 18.0 Å². The maximum atomic E-state index is 9.60. The zero-order valence-corrected chi connectivity index (χ0v) is 14.6. The summed E-state index contributed by atoms with van der Waals surface area (Å²) in [6, 6.07) is 21.8. The monoisotopic (exact) mass is 354 g/mol. The van der Waals surface area contributed by atoms with Gasteiger partial charge in [-0.05, 0) is 41.8 Å². The summed E-state index contributed by atoms with van der Waals surface area (Å²) in [4.78, 5) is 5.35. The number of aromatic nitrogens is 3. The van der Waals surface area contributed by atoms with Gasteiger partial charge in [0.1, 0.15) is 11.8 Å². The molecule has 0 radical (unpaired) electrons. The first-order valence-electron chi connectivity index (χ1n) is 8.07. The van der Waals surface area contributed by atoms with Gasteiger partial charge in [0.15, 0.2) is 0 Å². The topological polar surface area (TPSA) is 54.5 Å². The second-order valence-electron chi connectivity index (χ2n) is 5.58. The zero-order chi connectivity index (χ0) is 17.8. The predicted octanol–water partition coefficient (Wildman–Crippen LogP) is 5.06. The summed E-state index contributed by atoms with van der Waals surface area (Å²) in [7, 11) is 0. The molecule has 0 fully saturated rings. The molecule has 0 aliphatic heterocycles. The fourth-order valence-corrected chi connectivity index (χ4v) is 3.38. The Morgan fingerprint density at radius 2 is 1.88 bits per heavy atom. The Kier molecular flexibility index (Phi) is 4.42. The molecule has 0 aliphatic carbocycles. The molecule has 0 N–H and O–H groups in total. The Labute approximate surface area is 155 Å². The third kappa shape index (κ3) is 3.18. The first-order valence-corrected chi connectivity index (χ1v) is 8.95. The summed E-state index contributed by atoms with van der Waals surface area (Å²) in [6.45, 7) is 0. The van der Waals surface area contributed by atoms with Crippen LogP contribution in [0.3, 0.4) is 0 Å². The third-order valence-electron chi connectivity index (χ3n) is 3.88. The van der Waals surface area contributed by atoms with Crippen LogP contribution < -0.4 is 0 Å². The maximum absolute atomic E-state index is 9.60. The van der Waals surface area contributed by atoms with Gasteiger partial charge in [0.25, 0.3) is 0 Å². The number of hydrogen-bond acceptors (Lipinski definition) is 4. The largest absolute Gasteiger partial charge is 0.256 e. The van der Waals surface area contributed by atoms with Gasteiger partial charge in [0.2, 0.25) is 0 Å². The first-order chi connectivity index (χ1) is 12.8. The van der Waals surface area contributed by atoms with Crippen molar-refractivity contribution in [1.29, 1.82) is 5.26 Å². The number of allylic oxidation sites excluding steroid dienone is 1. The standard InChI is InChI=1S/C21H14N4S/c22-14-16(19-9-4-5-11-23-19)13-17-15-25(18-7-2-1-3-8-18)24-21(17)20-10-6-12-26-20/h1-13,15H. The molecule has 0 atom stereocenters. The first kappa shape index (κ1) is 16.0. The van der Waals surface area contributed by atoms with Crippen LogP contribution >= 0.6 is 11.3 Å². The number of para-hydroxylation sites is 1. The average molecular weight is 354 g/mol. The van der Waals surface area contributed by atoms with E-state index in [0.29, 0.717) is 11.3 Å². The van der Waals surface area contributed by atoms with E-state index < -0.39 is 0 Å². The molecule has 3 aromatic heterocycles. The highest BCUT2D eigenvalue weighted by molar-refractivity contribution is 7.13. The lowest BCUT2D eigenvalue weighted by Crippen LogP contribution is -1.93. The van der Waals surface area contributed by atoms with Crippen molar-refractivity contribution in [2.24, 2.45) is 0 Å². The van der Waals surface area contributed by atoms with Crippen molar-refractivity contribution >= 4 is 23.0 Å². The van der Waals surface area contributed by atoms with Crippen LogP contribution in [0.25, 0.3) is 27.9 Å². The van der Waals surface area contributed by atoms with E-state index in [2.05, 4.69) is 11.1 Å². The second-order valence-corrected chi connectivity index (χ2v) is 6.52. The van der Waals surface area contributed by atoms with Crippen LogP contribution in [0.15, 0.2) is 78.4 Å². The van der Waals surface area contributed by atoms with Crippen LogP contribution in [0.1, 0.15) is 11.3 Å². The summed E-state index contributed by atoms with van der Waals surface area (Å²) in [5, 5.41) is 16.4. The molecule has 0 spiro atoms. The smallest absolute Gasteiger partial charge is 0.110 e. The van der Waals surface area contributed by atoms with Crippen LogP contribution in [0, 0.1) is 11.3 Å². The van der Waals surface area contributed by atoms with Gasteiger partial charge >= 0.3 is 0 Å². The summed E-state index contributed by atoms with van der Waals surface area (Å²) in [6.07, 6.45) is 5.49. The van der Waals surface area contributed by atoms with Crippen molar-refractivity contribution in [2.75, 3.05) is 0 Å². The van der Waals surface area contributed by atoms with Crippen molar-refractivity contribution in [2.45, 2.75) is 0 Å². The van der Waals surface area contributed by atoms with Crippen LogP contribution in [0.2, 0.25) is 0 Å². The molecular formula is C21H14N4S. The Morgan fingerprint density at radius 1 is 1.04 bits per heavy atom. The van der Waals surface area contributed by atoms with E-state index >= 15 is 0 Å². The van der Waals surface area contributed by atoms with Crippen molar-refractivity contribution < 1.29 is 0 Å². The average Bonchev–Trinajstić information content (AvgIpc) is 3.37. The molecule has 5 heteroatoms. The Morgan fingerprint density at radius 3 is 2.58 bits per heavy atom. The molecule has 0 bridgehead atoms. The summed E-state index contributed by atoms with van der Waals surface area (Å²) in [5.74, 6) is 0. The lowest BCUT2D eigenvalue weighted by atomic mass is 10.1. The van der Waals surface area contributed by atoms with E-state index in [1.807, 2.05) is 83.0 Å². The number of thiophene rings is 1. The molecule has 0 unspecified atom stereocenters. The lowest BCUT2D eigenvalue weighted by Gasteiger charge is -1.99. The van der Waals surface area contributed by atoms with Crippen molar-refractivity contribution in [3.63, 3.8) is 0 Å². The Bertz CT molecular complexity index is 1070. The van der Waals surface area contributed by atoms with Crippen LogP contribution in [0.4, 0.5) is 0 Å². The number of pyridine rings is 1. The van der Waals surface area contributed by atoms with Gasteiger partial charge in [-0.1, -0.05) is 30.3 Å². The van der Waals surface area contributed by atoms with E-state index in [9.17, 15) is 5.26 Å². The molecule has 4 rings (SSSR count). The molecule has 4 nitrogen and oxygen atoms in total. The SMILES string of the molecule is N#CC(=Cc1cn(-c2ccccc2)nc1-c1cccs1)c1ccccn1. The maximum Gasteiger partial charge on any atom is 0.110 e. The van der Waals surface area contributed by atoms with Gasteiger partial charge in [-0.25, -0.2) is 4.68 Å². The minimum atomic E-state index is 0.510. The van der Waals surface area contributed by atoms with Gasteiger partial charge in [-0.3, -0.25) is 4.98 Å². The number of rotatable bonds is 4. The highest BCUT2D eigenvalue weighted by Crippen LogP contribution is 2.30. The minimum absolute atomic E-state index is 0.510. The molecule has 124 valence electrons. The fraction of sp³-hybridized carbons (Fsp3) is 0. The molecule has 0 saturated carbocycles. The van der Waals surface area contributed by atoms with Crippen LogP contribution in [-0.4, -0.2) is 14.8 Å². The molecular weight excluding hydrogens is 340 g/mol. The highest BCUT2D eigenvalue weighted by atomic mass is 32.1. The molecule has 26 heavy (non-hydrogen) atoms. The Balaban J connectivity index is 1.86. The lowest BCUT2D eigenvalue weighted by molar-refractivity contribution is 0.885. The number of hydrogen-bond donors (Lipinski definition) is 0. The normalized spacial score (nSPS) is 11.3. The molecule has 0 amide bonds. The van der Waals surface area contributed by atoms with Crippen LogP contribution in [-0.2, 0) is 0 Å². The zero-order valence-electron chi connectivity index (χ0n) is 13.8. The fourth-order valence-electron chi connectivity index (χ4n) is 2.65. The van der Waals surface area contributed by atoms with E-state index in [1.54, 1.807) is 17.5 Å². The Hall–Kier alpha value is -3.49. The van der Waals surface area contributed by atoms with E-state index in [1.165, 1.54) is 0 Å². The summed E-state index contributed by atoms with van der Waals surface area (Å²) < 4.78 is 1.84. The van der Waals surface area contributed by atoms with E-state index in [4.69, 9.17) is 5.10 Å². The van der Waals surface area contributed by atoms with Crippen molar-refractivity contribution in [3.05, 3.63) is 89.7 Å². The van der Waals surface area contributed by atoms with Crippen molar-refractivity contribution in [1.82, 2.24) is 14.8 Å².